The first-order chi connectivity index (χ1) is 7.66. The SMILES string of the molecule is Cl.O=C1OCCC1O[P+](=O)OC1CCOC1=O. The first-order valence-electron chi connectivity index (χ1n) is 4.81. The van der Waals surface area contributed by atoms with Crippen LogP contribution in [0.5, 0.6) is 0 Å². The number of carbonyl (C=O) groups excluding carboxylic acids is 2. The maximum atomic E-state index is 11.3. The molecule has 2 aliphatic heterocycles. The fourth-order valence-electron chi connectivity index (χ4n) is 1.38. The summed E-state index contributed by atoms with van der Waals surface area (Å²) in [5, 5.41) is 0. The summed E-state index contributed by atoms with van der Waals surface area (Å²) in [7, 11) is -2.51. The van der Waals surface area contributed by atoms with Crippen LogP contribution < -0.4 is 0 Å². The number of ether oxygens (including phenoxy) is 2. The predicted octanol–water partition coefficient (Wildman–Crippen LogP) is 0.730. The van der Waals surface area contributed by atoms with Crippen LogP contribution in [0, 0.1) is 0 Å². The Kier molecular flexibility index (Phi) is 5.27. The second-order valence-corrected chi connectivity index (χ2v) is 4.19. The van der Waals surface area contributed by atoms with Gasteiger partial charge in [-0.25, -0.2) is 9.59 Å². The molecule has 0 saturated carbocycles. The van der Waals surface area contributed by atoms with Crippen molar-refractivity contribution in [1.29, 1.82) is 0 Å². The molecule has 9 heteroatoms. The summed E-state index contributed by atoms with van der Waals surface area (Å²) in [6, 6.07) is 0. The smallest absolute Gasteiger partial charge is 0.464 e. The Balaban J connectivity index is 0.00000144. The van der Waals surface area contributed by atoms with Crippen molar-refractivity contribution in [2.24, 2.45) is 0 Å². The molecule has 17 heavy (non-hydrogen) atoms. The van der Waals surface area contributed by atoms with Gasteiger partial charge in [-0.05, 0) is 0 Å². The van der Waals surface area contributed by atoms with Gasteiger partial charge in [-0.3, -0.25) is 0 Å². The second-order valence-electron chi connectivity index (χ2n) is 3.32. The standard InChI is InChI=1S/C8H10O7P.ClH/c9-7-5(1-3-12-7)14-16(11)15-6-2-4-13-8(6)10;/h5-6H,1-4H2;1H/q+1;. The van der Waals surface area contributed by atoms with Crippen LogP contribution in [0.4, 0.5) is 0 Å². The van der Waals surface area contributed by atoms with E-state index < -0.39 is 32.4 Å². The molecule has 2 saturated heterocycles. The average Bonchev–Trinajstić information content (AvgIpc) is 2.79. The summed E-state index contributed by atoms with van der Waals surface area (Å²) in [5.41, 5.74) is 0. The molecule has 0 radical (unpaired) electrons. The van der Waals surface area contributed by atoms with Crippen LogP contribution in [0.2, 0.25) is 0 Å². The zero-order valence-electron chi connectivity index (χ0n) is 8.70. The molecule has 0 aromatic carbocycles. The highest BCUT2D eigenvalue weighted by Gasteiger charge is 2.42. The Morgan fingerprint density at radius 1 is 1.00 bits per heavy atom. The first-order valence-corrected chi connectivity index (χ1v) is 5.90. The lowest BCUT2D eigenvalue weighted by molar-refractivity contribution is -0.144. The van der Waals surface area contributed by atoms with Crippen LogP contribution in [-0.2, 0) is 32.7 Å². The van der Waals surface area contributed by atoms with E-state index in [2.05, 4.69) is 9.47 Å². The largest absolute Gasteiger partial charge is 0.699 e. The van der Waals surface area contributed by atoms with Gasteiger partial charge in [0.05, 0.1) is 13.2 Å². The fourth-order valence-corrected chi connectivity index (χ4v) is 2.23. The Morgan fingerprint density at radius 2 is 1.41 bits per heavy atom. The lowest BCUT2D eigenvalue weighted by Crippen LogP contribution is -2.19. The lowest BCUT2D eigenvalue weighted by Gasteiger charge is -1.97. The van der Waals surface area contributed by atoms with E-state index in [4.69, 9.17) is 9.05 Å². The molecule has 96 valence electrons. The number of esters is 2. The first kappa shape index (κ1) is 14.3. The highest BCUT2D eigenvalue weighted by molar-refractivity contribution is 7.33. The molecule has 0 aromatic rings. The Labute approximate surface area is 104 Å². The van der Waals surface area contributed by atoms with Crippen LogP contribution in [0.3, 0.4) is 0 Å². The van der Waals surface area contributed by atoms with Crippen molar-refractivity contribution in [3.63, 3.8) is 0 Å². The van der Waals surface area contributed by atoms with Crippen molar-refractivity contribution in [2.75, 3.05) is 13.2 Å². The van der Waals surface area contributed by atoms with Gasteiger partial charge in [-0.15, -0.1) is 21.5 Å². The maximum absolute atomic E-state index is 11.3. The van der Waals surface area contributed by atoms with Crippen LogP contribution in [-0.4, -0.2) is 37.4 Å². The zero-order valence-corrected chi connectivity index (χ0v) is 10.4. The van der Waals surface area contributed by atoms with E-state index in [1.807, 2.05) is 0 Å². The van der Waals surface area contributed by atoms with Crippen molar-refractivity contribution < 1.29 is 32.7 Å². The third-order valence-electron chi connectivity index (χ3n) is 2.20. The van der Waals surface area contributed by atoms with E-state index in [-0.39, 0.29) is 25.6 Å². The molecule has 2 fully saturated rings. The van der Waals surface area contributed by atoms with Crippen molar-refractivity contribution in [2.45, 2.75) is 25.0 Å². The van der Waals surface area contributed by atoms with Gasteiger partial charge in [0.2, 0.25) is 12.2 Å². The Morgan fingerprint density at radius 3 is 1.71 bits per heavy atom. The zero-order chi connectivity index (χ0) is 11.5. The third-order valence-corrected chi connectivity index (χ3v) is 3.05. The van der Waals surface area contributed by atoms with Gasteiger partial charge in [0, 0.05) is 17.4 Å². The molecule has 2 unspecified atom stereocenters. The van der Waals surface area contributed by atoms with Crippen molar-refractivity contribution in [1.82, 2.24) is 0 Å². The minimum absolute atomic E-state index is 0. The van der Waals surface area contributed by atoms with Gasteiger partial charge in [-0.1, -0.05) is 0 Å². The molecule has 2 aliphatic rings. The number of rotatable bonds is 4. The van der Waals surface area contributed by atoms with Gasteiger partial charge in [0.25, 0.3) is 0 Å². The number of cyclic esters (lactones) is 2. The monoisotopic (exact) mass is 285 g/mol. The number of hydrogen-bond donors (Lipinski definition) is 0. The summed E-state index contributed by atoms with van der Waals surface area (Å²) in [4.78, 5) is 22.0. The average molecular weight is 286 g/mol. The summed E-state index contributed by atoms with van der Waals surface area (Å²) in [5.74, 6) is -1.11. The highest BCUT2D eigenvalue weighted by Crippen LogP contribution is 2.33. The van der Waals surface area contributed by atoms with Gasteiger partial charge in [0.1, 0.15) is 0 Å². The lowest BCUT2D eigenvalue weighted by atomic mass is 10.3. The predicted molar refractivity (Wildman–Crippen MR) is 55.8 cm³/mol. The van der Waals surface area contributed by atoms with Crippen LogP contribution in [0.25, 0.3) is 0 Å². The highest BCUT2D eigenvalue weighted by atomic mass is 35.5. The second kappa shape index (κ2) is 6.26. The Bertz CT molecular complexity index is 304. The molecule has 7 nitrogen and oxygen atoms in total. The molecule has 0 spiro atoms. The molecule has 2 heterocycles. The summed E-state index contributed by atoms with van der Waals surface area (Å²) >= 11 is 0. The number of hydrogen-bond acceptors (Lipinski definition) is 7. The summed E-state index contributed by atoms with van der Waals surface area (Å²) in [6.45, 7) is 0.496. The topological polar surface area (TPSA) is 88.1 Å². The van der Waals surface area contributed by atoms with Crippen LogP contribution in [0.1, 0.15) is 12.8 Å². The molecular formula is C8H11ClO7P+. The van der Waals surface area contributed by atoms with E-state index in [1.54, 1.807) is 0 Å². The molecule has 0 amide bonds. The Hall–Kier alpha value is -0.750. The maximum Gasteiger partial charge on any atom is 0.699 e. The van der Waals surface area contributed by atoms with Crippen molar-refractivity contribution >= 4 is 32.6 Å². The van der Waals surface area contributed by atoms with Gasteiger partial charge in [0.15, 0.2) is 0 Å². The summed E-state index contributed by atoms with van der Waals surface area (Å²) < 4.78 is 30.2. The third kappa shape index (κ3) is 3.61. The number of halogens is 1. The van der Waals surface area contributed by atoms with Crippen molar-refractivity contribution in [3.8, 4) is 0 Å². The van der Waals surface area contributed by atoms with Crippen LogP contribution >= 0.6 is 20.7 Å². The van der Waals surface area contributed by atoms with Gasteiger partial charge < -0.3 is 9.47 Å². The molecule has 0 aliphatic carbocycles. The van der Waals surface area contributed by atoms with E-state index in [0.717, 1.165) is 0 Å². The molecule has 2 atom stereocenters. The summed E-state index contributed by atoms with van der Waals surface area (Å²) in [6.07, 6.45) is -1.03. The van der Waals surface area contributed by atoms with Crippen molar-refractivity contribution in [3.05, 3.63) is 0 Å². The fraction of sp³-hybridized carbons (Fsp3) is 0.750. The number of carbonyl (C=O) groups is 2. The van der Waals surface area contributed by atoms with E-state index >= 15 is 0 Å². The van der Waals surface area contributed by atoms with E-state index in [9.17, 15) is 14.2 Å². The molecule has 0 N–H and O–H groups in total. The quantitative estimate of drug-likeness (QED) is 0.555. The minimum Gasteiger partial charge on any atom is -0.464 e. The van der Waals surface area contributed by atoms with Gasteiger partial charge in [-0.2, -0.15) is 0 Å². The van der Waals surface area contributed by atoms with E-state index in [0.29, 0.717) is 12.8 Å². The molecule has 0 aromatic heterocycles. The minimum atomic E-state index is -2.51. The molecule has 0 bridgehead atoms. The van der Waals surface area contributed by atoms with Gasteiger partial charge >= 0.3 is 20.2 Å². The molecular weight excluding hydrogens is 275 g/mol. The normalized spacial score (nSPS) is 28.4. The van der Waals surface area contributed by atoms with Crippen LogP contribution in [0.15, 0.2) is 0 Å². The van der Waals surface area contributed by atoms with E-state index in [1.165, 1.54) is 0 Å². The molecule has 2 rings (SSSR count).